The van der Waals surface area contributed by atoms with Crippen molar-refractivity contribution in [3.63, 3.8) is 0 Å². The molecule has 1 aromatic carbocycles. The van der Waals surface area contributed by atoms with Gasteiger partial charge in [-0.05, 0) is 31.0 Å². The van der Waals surface area contributed by atoms with Gasteiger partial charge in [0.15, 0.2) is 0 Å². The summed E-state index contributed by atoms with van der Waals surface area (Å²) in [6.45, 7) is 1.73. The standard InChI is InChI=1S/C11H16FNS/c1-9(13)10-3-5-11(6-4-10)14-8-2-7-12/h3-6,9H,2,7-8,13H2,1H3. The maximum Gasteiger partial charge on any atom is 0.0902 e. The van der Waals surface area contributed by atoms with Crippen molar-refractivity contribution in [2.24, 2.45) is 5.73 Å². The lowest BCUT2D eigenvalue weighted by Gasteiger charge is -2.06. The average Bonchev–Trinajstić information content (AvgIpc) is 2.19. The van der Waals surface area contributed by atoms with Gasteiger partial charge in [0.25, 0.3) is 0 Å². The molecule has 1 aromatic rings. The number of rotatable bonds is 5. The second kappa shape index (κ2) is 6.04. The molecule has 0 heterocycles. The van der Waals surface area contributed by atoms with Crippen LogP contribution in [-0.2, 0) is 0 Å². The third-order valence-electron chi connectivity index (χ3n) is 1.95. The van der Waals surface area contributed by atoms with E-state index in [4.69, 9.17) is 5.73 Å². The summed E-state index contributed by atoms with van der Waals surface area (Å²) in [6.07, 6.45) is 0.625. The van der Waals surface area contributed by atoms with E-state index in [9.17, 15) is 4.39 Å². The zero-order valence-corrected chi connectivity index (χ0v) is 9.19. The second-order valence-corrected chi connectivity index (χ2v) is 4.42. The predicted octanol–water partition coefficient (Wildman–Crippen LogP) is 3.16. The highest BCUT2D eigenvalue weighted by molar-refractivity contribution is 7.99. The van der Waals surface area contributed by atoms with Crippen LogP contribution in [0.5, 0.6) is 0 Å². The van der Waals surface area contributed by atoms with Gasteiger partial charge in [-0.15, -0.1) is 11.8 Å². The lowest BCUT2D eigenvalue weighted by molar-refractivity contribution is 0.489. The van der Waals surface area contributed by atoms with E-state index in [1.165, 1.54) is 4.90 Å². The van der Waals surface area contributed by atoms with E-state index in [2.05, 4.69) is 0 Å². The Bertz CT molecular complexity index is 258. The molecule has 0 fully saturated rings. The van der Waals surface area contributed by atoms with Crippen LogP contribution in [-0.4, -0.2) is 12.4 Å². The van der Waals surface area contributed by atoms with Gasteiger partial charge in [0.2, 0.25) is 0 Å². The molecule has 1 rings (SSSR count). The molecule has 0 aliphatic carbocycles. The molecule has 0 aliphatic heterocycles. The molecule has 0 aliphatic rings. The van der Waals surface area contributed by atoms with Crippen molar-refractivity contribution in [3.8, 4) is 0 Å². The van der Waals surface area contributed by atoms with Crippen molar-refractivity contribution in [1.82, 2.24) is 0 Å². The van der Waals surface area contributed by atoms with Crippen molar-refractivity contribution in [3.05, 3.63) is 29.8 Å². The minimum atomic E-state index is -0.231. The van der Waals surface area contributed by atoms with Crippen LogP contribution in [0, 0.1) is 0 Å². The number of nitrogens with two attached hydrogens (primary N) is 1. The van der Waals surface area contributed by atoms with Gasteiger partial charge in [0, 0.05) is 16.7 Å². The van der Waals surface area contributed by atoms with Gasteiger partial charge in [-0.1, -0.05) is 12.1 Å². The average molecular weight is 213 g/mol. The Labute approximate surface area is 88.9 Å². The molecule has 0 saturated carbocycles. The fourth-order valence-corrected chi connectivity index (χ4v) is 1.93. The number of alkyl halides is 1. The minimum absolute atomic E-state index is 0.0832. The Morgan fingerprint density at radius 2 is 2.00 bits per heavy atom. The van der Waals surface area contributed by atoms with E-state index in [0.717, 1.165) is 11.3 Å². The molecule has 1 nitrogen and oxygen atoms in total. The third kappa shape index (κ3) is 3.68. The SMILES string of the molecule is CC(N)c1ccc(SCCCF)cc1. The Hall–Kier alpha value is -0.540. The molecule has 3 heteroatoms. The van der Waals surface area contributed by atoms with Crippen molar-refractivity contribution < 1.29 is 4.39 Å². The molecule has 0 saturated heterocycles. The number of thioether (sulfide) groups is 1. The van der Waals surface area contributed by atoms with Gasteiger partial charge >= 0.3 is 0 Å². The summed E-state index contributed by atoms with van der Waals surface area (Å²) in [6, 6.07) is 8.23. The summed E-state index contributed by atoms with van der Waals surface area (Å²) >= 11 is 1.68. The van der Waals surface area contributed by atoms with Gasteiger partial charge in [-0.2, -0.15) is 0 Å². The zero-order chi connectivity index (χ0) is 10.4. The van der Waals surface area contributed by atoms with Crippen LogP contribution in [0.2, 0.25) is 0 Å². The Morgan fingerprint density at radius 1 is 1.36 bits per heavy atom. The summed E-state index contributed by atoms with van der Waals surface area (Å²) < 4.78 is 11.8. The lowest BCUT2D eigenvalue weighted by Crippen LogP contribution is -2.04. The molecule has 1 atom stereocenters. The first-order valence-electron chi connectivity index (χ1n) is 4.78. The van der Waals surface area contributed by atoms with Crippen LogP contribution in [0.15, 0.2) is 29.2 Å². The Morgan fingerprint density at radius 3 is 2.50 bits per heavy atom. The van der Waals surface area contributed by atoms with Crippen LogP contribution in [0.25, 0.3) is 0 Å². The second-order valence-electron chi connectivity index (χ2n) is 3.25. The van der Waals surface area contributed by atoms with Crippen molar-refractivity contribution in [2.75, 3.05) is 12.4 Å². The van der Waals surface area contributed by atoms with Crippen LogP contribution in [0.1, 0.15) is 24.9 Å². The maximum atomic E-state index is 11.8. The predicted molar refractivity (Wildman–Crippen MR) is 60.4 cm³/mol. The third-order valence-corrected chi connectivity index (χ3v) is 3.05. The summed E-state index contributed by atoms with van der Waals surface area (Å²) in [5.41, 5.74) is 6.87. The molecular formula is C11H16FNS. The van der Waals surface area contributed by atoms with E-state index >= 15 is 0 Å². The van der Waals surface area contributed by atoms with Gasteiger partial charge in [-0.3, -0.25) is 4.39 Å². The lowest BCUT2D eigenvalue weighted by atomic mass is 10.1. The van der Waals surface area contributed by atoms with Crippen LogP contribution < -0.4 is 5.73 Å². The highest BCUT2D eigenvalue weighted by Gasteiger charge is 1.99. The topological polar surface area (TPSA) is 26.0 Å². The first-order chi connectivity index (χ1) is 6.74. The van der Waals surface area contributed by atoms with Crippen molar-refractivity contribution in [1.29, 1.82) is 0 Å². The minimum Gasteiger partial charge on any atom is -0.324 e. The highest BCUT2D eigenvalue weighted by Crippen LogP contribution is 2.20. The molecule has 2 N–H and O–H groups in total. The van der Waals surface area contributed by atoms with Crippen LogP contribution in [0.3, 0.4) is 0 Å². The largest absolute Gasteiger partial charge is 0.324 e. The molecule has 0 bridgehead atoms. The Kier molecular flexibility index (Phi) is 4.98. The van der Waals surface area contributed by atoms with Gasteiger partial charge < -0.3 is 5.73 Å². The quantitative estimate of drug-likeness (QED) is 0.600. The van der Waals surface area contributed by atoms with Crippen molar-refractivity contribution in [2.45, 2.75) is 24.3 Å². The first-order valence-corrected chi connectivity index (χ1v) is 5.77. The summed E-state index contributed by atoms with van der Waals surface area (Å²) in [7, 11) is 0. The van der Waals surface area contributed by atoms with Gasteiger partial charge in [0.1, 0.15) is 0 Å². The normalized spacial score (nSPS) is 12.8. The first kappa shape index (κ1) is 11.5. The van der Waals surface area contributed by atoms with Crippen molar-refractivity contribution >= 4 is 11.8 Å². The molecule has 0 aromatic heterocycles. The Balaban J connectivity index is 2.47. The molecule has 1 unspecified atom stereocenters. The number of benzene rings is 1. The molecule has 0 spiro atoms. The van der Waals surface area contributed by atoms with E-state index in [0.29, 0.717) is 6.42 Å². The summed E-state index contributed by atoms with van der Waals surface area (Å²) in [5, 5.41) is 0. The maximum absolute atomic E-state index is 11.8. The molecule has 0 amide bonds. The summed E-state index contributed by atoms with van der Waals surface area (Å²) in [5.74, 6) is 0.841. The molecular weight excluding hydrogens is 197 g/mol. The van der Waals surface area contributed by atoms with Gasteiger partial charge in [-0.25, -0.2) is 0 Å². The number of hydrogen-bond acceptors (Lipinski definition) is 2. The summed E-state index contributed by atoms with van der Waals surface area (Å²) in [4.78, 5) is 1.18. The molecule has 0 radical (unpaired) electrons. The number of halogens is 1. The van der Waals surface area contributed by atoms with E-state index in [1.54, 1.807) is 11.8 Å². The molecule has 78 valence electrons. The van der Waals surface area contributed by atoms with Gasteiger partial charge in [0.05, 0.1) is 6.67 Å². The highest BCUT2D eigenvalue weighted by atomic mass is 32.2. The van der Waals surface area contributed by atoms with E-state index in [1.807, 2.05) is 31.2 Å². The van der Waals surface area contributed by atoms with E-state index < -0.39 is 0 Å². The fourth-order valence-electron chi connectivity index (χ4n) is 1.11. The van der Waals surface area contributed by atoms with Crippen LogP contribution in [0.4, 0.5) is 4.39 Å². The number of hydrogen-bond donors (Lipinski definition) is 1. The molecule has 14 heavy (non-hydrogen) atoms. The fraction of sp³-hybridized carbons (Fsp3) is 0.455. The smallest absolute Gasteiger partial charge is 0.0902 e. The monoisotopic (exact) mass is 213 g/mol. The van der Waals surface area contributed by atoms with Crippen LogP contribution >= 0.6 is 11.8 Å². The van der Waals surface area contributed by atoms with E-state index in [-0.39, 0.29) is 12.7 Å². The zero-order valence-electron chi connectivity index (χ0n) is 8.37.